The molecule has 0 aromatic carbocycles. The third-order valence-corrected chi connectivity index (χ3v) is 7.41. The molecule has 0 aliphatic carbocycles. The van der Waals surface area contributed by atoms with E-state index in [4.69, 9.17) is 0 Å². The zero-order chi connectivity index (χ0) is 14.8. The Hall–Kier alpha value is -0.220. The van der Waals surface area contributed by atoms with Crippen molar-refractivity contribution in [1.29, 1.82) is 0 Å². The second kappa shape index (κ2) is 6.27. The Morgan fingerprint density at radius 1 is 1.15 bits per heavy atom. The Morgan fingerprint density at radius 2 is 1.80 bits per heavy atom. The average Bonchev–Trinajstić information content (AvgIpc) is 2.41. The normalized spacial score (nSPS) is 29.4. The number of hydrogen-bond acceptors (Lipinski definition) is 5. The van der Waals surface area contributed by atoms with Crippen molar-refractivity contribution in [2.24, 2.45) is 0 Å². The lowest BCUT2D eigenvalue weighted by Gasteiger charge is -2.35. The van der Waals surface area contributed by atoms with Crippen LogP contribution in [0.2, 0.25) is 0 Å². The van der Waals surface area contributed by atoms with Gasteiger partial charge in [-0.05, 0) is 25.7 Å². The quantitative estimate of drug-likeness (QED) is 0.707. The first-order valence-electron chi connectivity index (χ1n) is 6.94. The van der Waals surface area contributed by atoms with Crippen molar-refractivity contribution in [3.8, 4) is 0 Å². The first-order chi connectivity index (χ1) is 9.34. The molecule has 0 aromatic rings. The minimum Gasteiger partial charge on any atom is -0.395 e. The van der Waals surface area contributed by atoms with Crippen LogP contribution in [0.1, 0.15) is 32.1 Å². The van der Waals surface area contributed by atoms with E-state index in [-0.39, 0.29) is 30.2 Å². The first kappa shape index (κ1) is 16.2. The summed E-state index contributed by atoms with van der Waals surface area (Å²) in [5.74, 6) is 0.0627. The van der Waals surface area contributed by atoms with Crippen LogP contribution in [-0.4, -0.2) is 63.0 Å². The lowest BCUT2D eigenvalue weighted by atomic mass is 10.1. The van der Waals surface area contributed by atoms with E-state index in [1.165, 1.54) is 4.31 Å². The fourth-order valence-electron chi connectivity index (χ4n) is 2.76. The summed E-state index contributed by atoms with van der Waals surface area (Å²) in [5.41, 5.74) is 0. The molecule has 9 heteroatoms. The van der Waals surface area contributed by atoms with Crippen molar-refractivity contribution in [3.05, 3.63) is 0 Å². The maximum atomic E-state index is 12.3. The number of rotatable bonds is 4. The van der Waals surface area contributed by atoms with Gasteiger partial charge in [-0.15, -0.1) is 0 Å². The number of nitrogens with zero attached hydrogens (tertiary/aromatic N) is 1. The highest BCUT2D eigenvalue weighted by atomic mass is 32.2. The van der Waals surface area contributed by atoms with Crippen LogP contribution in [0.25, 0.3) is 0 Å². The number of sulfone groups is 1. The summed E-state index contributed by atoms with van der Waals surface area (Å²) in [6, 6.07) is -0.696. The maximum absolute atomic E-state index is 12.3. The molecule has 1 atom stereocenters. The fraction of sp³-hybridized carbons (Fsp3) is 1.00. The van der Waals surface area contributed by atoms with Gasteiger partial charge in [0.25, 0.3) is 10.2 Å². The first-order valence-corrected chi connectivity index (χ1v) is 10.2. The summed E-state index contributed by atoms with van der Waals surface area (Å²) in [7, 11) is -6.65. The molecule has 2 saturated heterocycles. The Morgan fingerprint density at radius 3 is 2.40 bits per heavy atom. The molecule has 0 saturated carbocycles. The fourth-order valence-corrected chi connectivity index (χ4v) is 5.98. The second-order valence-electron chi connectivity index (χ2n) is 5.49. The summed E-state index contributed by atoms with van der Waals surface area (Å²) < 4.78 is 51.3. The van der Waals surface area contributed by atoms with Crippen LogP contribution in [0, 0.1) is 0 Å². The SMILES string of the molecule is O=S1(=O)CCC(NS(=O)(=O)N2CCCCC2CO)CC1. The third-order valence-electron chi connectivity index (χ3n) is 3.96. The third kappa shape index (κ3) is 3.91. The van der Waals surface area contributed by atoms with Crippen molar-refractivity contribution >= 4 is 20.0 Å². The molecule has 2 aliphatic heterocycles. The van der Waals surface area contributed by atoms with E-state index in [2.05, 4.69) is 4.72 Å². The maximum Gasteiger partial charge on any atom is 0.280 e. The molecular weight excluding hydrogens is 304 g/mol. The van der Waals surface area contributed by atoms with E-state index in [9.17, 15) is 21.9 Å². The van der Waals surface area contributed by atoms with Crippen LogP contribution in [0.3, 0.4) is 0 Å². The molecule has 2 N–H and O–H groups in total. The van der Waals surface area contributed by atoms with Crippen LogP contribution in [-0.2, 0) is 20.0 Å². The van der Waals surface area contributed by atoms with Gasteiger partial charge in [-0.2, -0.15) is 17.4 Å². The number of aliphatic hydroxyl groups excluding tert-OH is 1. The average molecular weight is 326 g/mol. The molecule has 0 amide bonds. The number of hydrogen-bond donors (Lipinski definition) is 2. The Balaban J connectivity index is 2.00. The highest BCUT2D eigenvalue weighted by Gasteiger charge is 2.34. The predicted molar refractivity (Wildman–Crippen MR) is 75.2 cm³/mol. The van der Waals surface area contributed by atoms with Gasteiger partial charge in [-0.25, -0.2) is 8.42 Å². The smallest absolute Gasteiger partial charge is 0.280 e. The van der Waals surface area contributed by atoms with Crippen LogP contribution >= 0.6 is 0 Å². The van der Waals surface area contributed by atoms with Crippen LogP contribution < -0.4 is 4.72 Å². The molecular formula is C11H22N2O5S2. The van der Waals surface area contributed by atoms with Gasteiger partial charge in [0.05, 0.1) is 18.1 Å². The Kier molecular flexibility index (Phi) is 5.06. The van der Waals surface area contributed by atoms with Gasteiger partial charge in [0, 0.05) is 18.6 Å². The predicted octanol–water partition coefficient (Wildman–Crippen LogP) is -0.755. The van der Waals surface area contributed by atoms with Crippen molar-refractivity contribution in [1.82, 2.24) is 9.03 Å². The highest BCUT2D eigenvalue weighted by Crippen LogP contribution is 2.21. The molecule has 0 aromatic heterocycles. The van der Waals surface area contributed by atoms with E-state index < -0.39 is 20.0 Å². The summed E-state index contributed by atoms with van der Waals surface area (Å²) >= 11 is 0. The lowest BCUT2D eigenvalue weighted by Crippen LogP contribution is -2.53. The van der Waals surface area contributed by atoms with Crippen molar-refractivity contribution in [3.63, 3.8) is 0 Å². The molecule has 0 bridgehead atoms. The summed E-state index contributed by atoms with van der Waals surface area (Å²) in [5, 5.41) is 9.29. The van der Waals surface area contributed by atoms with E-state index in [1.807, 2.05) is 0 Å². The zero-order valence-electron chi connectivity index (χ0n) is 11.4. The number of aliphatic hydroxyl groups is 1. The minimum absolute atomic E-state index is 0.0314. The van der Waals surface area contributed by atoms with Crippen molar-refractivity contribution in [2.45, 2.75) is 44.2 Å². The molecule has 7 nitrogen and oxygen atoms in total. The Bertz CT molecular complexity index is 517. The van der Waals surface area contributed by atoms with Crippen LogP contribution in [0.5, 0.6) is 0 Å². The van der Waals surface area contributed by atoms with Crippen LogP contribution in [0.4, 0.5) is 0 Å². The molecule has 2 heterocycles. The van der Waals surface area contributed by atoms with Crippen molar-refractivity contribution in [2.75, 3.05) is 24.7 Å². The number of piperidine rings is 1. The summed E-state index contributed by atoms with van der Waals surface area (Å²) in [4.78, 5) is 0. The van der Waals surface area contributed by atoms with E-state index in [1.54, 1.807) is 0 Å². The largest absolute Gasteiger partial charge is 0.395 e. The molecule has 1 unspecified atom stereocenters. The van der Waals surface area contributed by atoms with Gasteiger partial charge in [0.1, 0.15) is 9.84 Å². The van der Waals surface area contributed by atoms with Gasteiger partial charge in [0.15, 0.2) is 0 Å². The zero-order valence-corrected chi connectivity index (χ0v) is 13.0. The number of nitrogens with one attached hydrogen (secondary N) is 1. The van der Waals surface area contributed by atoms with Gasteiger partial charge < -0.3 is 5.11 Å². The molecule has 2 fully saturated rings. The Labute approximate surface area is 120 Å². The van der Waals surface area contributed by atoms with Gasteiger partial charge >= 0.3 is 0 Å². The second-order valence-corrected chi connectivity index (χ2v) is 9.45. The van der Waals surface area contributed by atoms with Gasteiger partial charge in [-0.3, -0.25) is 0 Å². The molecule has 0 radical (unpaired) electrons. The highest BCUT2D eigenvalue weighted by molar-refractivity contribution is 7.91. The van der Waals surface area contributed by atoms with E-state index in [0.29, 0.717) is 25.8 Å². The van der Waals surface area contributed by atoms with E-state index >= 15 is 0 Å². The minimum atomic E-state index is -3.65. The molecule has 2 rings (SSSR count). The van der Waals surface area contributed by atoms with E-state index in [0.717, 1.165) is 12.8 Å². The standard InChI is InChI=1S/C11H22N2O5S2/c14-9-11-3-1-2-6-13(11)20(17,18)12-10-4-7-19(15,16)8-5-10/h10-12,14H,1-9H2. The monoisotopic (exact) mass is 326 g/mol. The summed E-state index contributed by atoms with van der Waals surface area (Å²) in [6.07, 6.45) is 3.00. The van der Waals surface area contributed by atoms with Crippen molar-refractivity contribution < 1.29 is 21.9 Å². The molecule has 118 valence electrons. The van der Waals surface area contributed by atoms with Gasteiger partial charge in [0.2, 0.25) is 0 Å². The summed E-state index contributed by atoms with van der Waals surface area (Å²) in [6.45, 7) is 0.228. The topological polar surface area (TPSA) is 104 Å². The van der Waals surface area contributed by atoms with Crippen LogP contribution in [0.15, 0.2) is 0 Å². The molecule has 20 heavy (non-hydrogen) atoms. The molecule has 2 aliphatic rings. The lowest BCUT2D eigenvalue weighted by molar-refractivity contribution is 0.153. The molecule has 0 spiro atoms. The van der Waals surface area contributed by atoms with Gasteiger partial charge in [-0.1, -0.05) is 6.42 Å².